The standard InChI is InChI=1S/C19H24ClN5OS/c20-16-7-5-14(6-8-16)18-22-23-19(25(18)21)27-12-17(26)24-10-9-13-3-1-2-4-15(13)11-24/h5-8,13,15H,1-4,9-12,21H2/t13-,15-/m1/s1. The van der Waals surface area contributed by atoms with Gasteiger partial charge in [-0.05, 0) is 48.9 Å². The smallest absolute Gasteiger partial charge is 0.233 e. The molecule has 2 aliphatic rings. The van der Waals surface area contributed by atoms with E-state index in [0.29, 0.717) is 27.7 Å². The van der Waals surface area contributed by atoms with Crippen LogP contribution in [0.25, 0.3) is 11.4 Å². The Labute approximate surface area is 168 Å². The fourth-order valence-corrected chi connectivity index (χ4v) is 5.10. The van der Waals surface area contributed by atoms with Crippen molar-refractivity contribution in [1.29, 1.82) is 0 Å². The number of fused-ring (bicyclic) bond motifs is 1. The van der Waals surface area contributed by atoms with Crippen molar-refractivity contribution in [2.45, 2.75) is 37.3 Å². The van der Waals surface area contributed by atoms with Gasteiger partial charge in [0, 0.05) is 23.7 Å². The number of rotatable bonds is 4. The van der Waals surface area contributed by atoms with Gasteiger partial charge in [-0.15, -0.1) is 10.2 Å². The second-order valence-corrected chi connectivity index (χ2v) is 8.78. The Balaban J connectivity index is 1.36. The number of amides is 1. The first-order valence-corrected chi connectivity index (χ1v) is 10.8. The van der Waals surface area contributed by atoms with E-state index < -0.39 is 0 Å². The van der Waals surface area contributed by atoms with E-state index in [-0.39, 0.29) is 5.91 Å². The van der Waals surface area contributed by atoms with Crippen LogP contribution in [0.1, 0.15) is 32.1 Å². The van der Waals surface area contributed by atoms with Gasteiger partial charge in [0.25, 0.3) is 0 Å². The van der Waals surface area contributed by atoms with Crippen LogP contribution in [0.4, 0.5) is 0 Å². The van der Waals surface area contributed by atoms with Crippen molar-refractivity contribution in [3.8, 4) is 11.4 Å². The molecule has 1 aliphatic heterocycles. The van der Waals surface area contributed by atoms with E-state index in [4.69, 9.17) is 17.4 Å². The van der Waals surface area contributed by atoms with Gasteiger partial charge < -0.3 is 10.7 Å². The number of nitrogens with two attached hydrogens (primary N) is 1. The maximum atomic E-state index is 12.7. The van der Waals surface area contributed by atoms with Gasteiger partial charge in [0.2, 0.25) is 11.1 Å². The molecule has 1 saturated heterocycles. The monoisotopic (exact) mass is 405 g/mol. The average molecular weight is 406 g/mol. The molecule has 0 unspecified atom stereocenters. The molecule has 0 radical (unpaired) electrons. The highest BCUT2D eigenvalue weighted by Crippen LogP contribution is 2.36. The van der Waals surface area contributed by atoms with Gasteiger partial charge in [-0.25, -0.2) is 4.68 Å². The zero-order valence-corrected chi connectivity index (χ0v) is 16.8. The third-order valence-corrected chi connectivity index (χ3v) is 6.92. The Kier molecular flexibility index (Phi) is 5.59. The van der Waals surface area contributed by atoms with Gasteiger partial charge in [0.15, 0.2) is 5.82 Å². The molecule has 8 heteroatoms. The highest BCUT2D eigenvalue weighted by atomic mass is 35.5. The van der Waals surface area contributed by atoms with Crippen molar-refractivity contribution in [3.63, 3.8) is 0 Å². The summed E-state index contributed by atoms with van der Waals surface area (Å²) in [5.74, 6) is 8.72. The molecule has 0 bridgehead atoms. The lowest BCUT2D eigenvalue weighted by Gasteiger charge is -2.41. The van der Waals surface area contributed by atoms with Gasteiger partial charge in [0.05, 0.1) is 5.75 Å². The predicted molar refractivity (Wildman–Crippen MR) is 108 cm³/mol. The Hall–Kier alpha value is -1.73. The summed E-state index contributed by atoms with van der Waals surface area (Å²) in [7, 11) is 0. The number of piperidine rings is 1. The Morgan fingerprint density at radius 3 is 2.67 bits per heavy atom. The van der Waals surface area contributed by atoms with Crippen LogP contribution in [0.15, 0.2) is 29.4 Å². The zero-order valence-electron chi connectivity index (χ0n) is 15.2. The Morgan fingerprint density at radius 1 is 1.15 bits per heavy atom. The minimum absolute atomic E-state index is 0.167. The molecule has 1 saturated carbocycles. The summed E-state index contributed by atoms with van der Waals surface area (Å²) < 4.78 is 1.44. The number of hydrogen-bond donors (Lipinski definition) is 1. The molecule has 2 atom stereocenters. The van der Waals surface area contributed by atoms with Crippen LogP contribution in [-0.2, 0) is 4.79 Å². The fourth-order valence-electron chi connectivity index (χ4n) is 4.22. The van der Waals surface area contributed by atoms with Crippen LogP contribution >= 0.6 is 23.4 Å². The molecule has 1 amide bonds. The fraction of sp³-hybridized carbons (Fsp3) is 0.526. The van der Waals surface area contributed by atoms with E-state index in [1.807, 2.05) is 17.0 Å². The second-order valence-electron chi connectivity index (χ2n) is 7.40. The molecule has 27 heavy (non-hydrogen) atoms. The third kappa shape index (κ3) is 4.09. The number of thioether (sulfide) groups is 1. The van der Waals surface area contributed by atoms with Gasteiger partial charge in [0.1, 0.15) is 0 Å². The quantitative estimate of drug-likeness (QED) is 0.622. The lowest BCUT2D eigenvalue weighted by Crippen LogP contribution is -2.45. The third-order valence-electron chi connectivity index (χ3n) is 5.74. The molecule has 2 N–H and O–H groups in total. The molecule has 2 fully saturated rings. The first kappa shape index (κ1) is 18.6. The van der Waals surface area contributed by atoms with E-state index in [0.717, 1.165) is 31.0 Å². The van der Waals surface area contributed by atoms with Crippen molar-refractivity contribution < 1.29 is 4.79 Å². The number of aromatic nitrogens is 3. The Morgan fingerprint density at radius 2 is 1.89 bits per heavy atom. The van der Waals surface area contributed by atoms with Gasteiger partial charge >= 0.3 is 0 Å². The summed E-state index contributed by atoms with van der Waals surface area (Å²) in [6.07, 6.45) is 6.41. The number of carbonyl (C=O) groups is 1. The number of nitrogen functional groups attached to an aromatic ring is 1. The zero-order chi connectivity index (χ0) is 18.8. The summed E-state index contributed by atoms with van der Waals surface area (Å²) in [5, 5.41) is 9.50. The SMILES string of the molecule is Nn1c(SCC(=O)N2CC[C@H]3CCCC[C@@H]3C2)nnc1-c1ccc(Cl)cc1. The van der Waals surface area contributed by atoms with Crippen molar-refractivity contribution in [2.24, 2.45) is 11.8 Å². The van der Waals surface area contributed by atoms with E-state index in [9.17, 15) is 4.79 Å². The molecular weight excluding hydrogens is 382 g/mol. The second kappa shape index (κ2) is 8.10. The Bertz CT molecular complexity index is 809. The minimum atomic E-state index is 0.167. The molecule has 4 rings (SSSR count). The van der Waals surface area contributed by atoms with Crippen molar-refractivity contribution in [1.82, 2.24) is 19.8 Å². The molecule has 6 nitrogen and oxygen atoms in total. The van der Waals surface area contributed by atoms with E-state index in [1.54, 1.807) is 12.1 Å². The molecular formula is C19H24ClN5OS. The number of likely N-dealkylation sites (tertiary alicyclic amines) is 1. The number of hydrogen-bond acceptors (Lipinski definition) is 5. The van der Waals surface area contributed by atoms with Crippen LogP contribution in [0.3, 0.4) is 0 Å². The van der Waals surface area contributed by atoms with E-state index in [2.05, 4.69) is 10.2 Å². The number of benzene rings is 1. The van der Waals surface area contributed by atoms with Crippen LogP contribution in [0.5, 0.6) is 0 Å². The van der Waals surface area contributed by atoms with Crippen LogP contribution in [0.2, 0.25) is 5.02 Å². The van der Waals surface area contributed by atoms with Crippen LogP contribution in [-0.4, -0.2) is 44.5 Å². The highest BCUT2D eigenvalue weighted by molar-refractivity contribution is 7.99. The van der Waals surface area contributed by atoms with Crippen molar-refractivity contribution in [2.75, 3.05) is 24.7 Å². The largest absolute Gasteiger partial charge is 0.342 e. The summed E-state index contributed by atoms with van der Waals surface area (Å²) in [4.78, 5) is 14.7. The molecule has 1 aromatic carbocycles. The van der Waals surface area contributed by atoms with Gasteiger partial charge in [-0.1, -0.05) is 42.6 Å². The van der Waals surface area contributed by atoms with E-state index in [1.165, 1.54) is 42.1 Å². The first-order valence-electron chi connectivity index (χ1n) is 9.49. The van der Waals surface area contributed by atoms with Crippen LogP contribution < -0.4 is 5.84 Å². The summed E-state index contributed by atoms with van der Waals surface area (Å²) >= 11 is 7.27. The lowest BCUT2D eigenvalue weighted by atomic mass is 9.75. The number of carbonyl (C=O) groups excluding carboxylic acids is 1. The van der Waals surface area contributed by atoms with Gasteiger partial charge in [-0.2, -0.15) is 0 Å². The summed E-state index contributed by atoms with van der Waals surface area (Å²) in [6, 6.07) is 7.28. The topological polar surface area (TPSA) is 77.0 Å². The molecule has 2 heterocycles. The lowest BCUT2D eigenvalue weighted by molar-refractivity contribution is -0.131. The minimum Gasteiger partial charge on any atom is -0.342 e. The summed E-state index contributed by atoms with van der Waals surface area (Å²) in [6.45, 7) is 1.79. The van der Waals surface area contributed by atoms with Crippen molar-refractivity contribution in [3.05, 3.63) is 29.3 Å². The molecule has 1 aliphatic carbocycles. The van der Waals surface area contributed by atoms with E-state index >= 15 is 0 Å². The maximum absolute atomic E-state index is 12.7. The number of halogens is 1. The van der Waals surface area contributed by atoms with Crippen LogP contribution in [0, 0.1) is 11.8 Å². The average Bonchev–Trinajstić information content (AvgIpc) is 3.07. The molecule has 2 aromatic rings. The maximum Gasteiger partial charge on any atom is 0.233 e. The first-order chi connectivity index (χ1) is 13.1. The van der Waals surface area contributed by atoms with Gasteiger partial charge in [-0.3, -0.25) is 4.79 Å². The normalized spacial score (nSPS) is 22.5. The predicted octanol–water partition coefficient (Wildman–Crippen LogP) is 3.44. The summed E-state index contributed by atoms with van der Waals surface area (Å²) in [5.41, 5.74) is 0.840. The molecule has 1 aromatic heterocycles. The molecule has 0 spiro atoms. The van der Waals surface area contributed by atoms with Crippen molar-refractivity contribution >= 4 is 29.3 Å². The number of nitrogens with zero attached hydrogens (tertiary/aromatic N) is 4. The molecule has 144 valence electrons. The highest BCUT2D eigenvalue weighted by Gasteiger charge is 2.32.